The lowest BCUT2D eigenvalue weighted by Gasteiger charge is -2.21. The highest BCUT2D eigenvalue weighted by Crippen LogP contribution is 2.28. The van der Waals surface area contributed by atoms with Crippen LogP contribution >= 0.6 is 0 Å². The molecule has 0 saturated heterocycles. The summed E-state index contributed by atoms with van der Waals surface area (Å²) in [5.74, 6) is 0.592. The molecule has 2 unspecified atom stereocenters. The van der Waals surface area contributed by atoms with Crippen molar-refractivity contribution in [3.8, 4) is 5.69 Å². The number of rotatable bonds is 4. The van der Waals surface area contributed by atoms with Gasteiger partial charge in [-0.15, -0.1) is 5.10 Å². The normalized spacial score (nSPS) is 22.1. The molecule has 0 aliphatic heterocycles. The molecule has 20 heavy (non-hydrogen) atoms. The second-order valence-electron chi connectivity index (χ2n) is 5.43. The summed E-state index contributed by atoms with van der Waals surface area (Å²) in [5, 5.41) is 14.9. The van der Waals surface area contributed by atoms with Gasteiger partial charge in [0.25, 0.3) is 0 Å². The van der Waals surface area contributed by atoms with Crippen LogP contribution in [0.1, 0.15) is 24.8 Å². The van der Waals surface area contributed by atoms with Gasteiger partial charge in [0, 0.05) is 11.7 Å². The van der Waals surface area contributed by atoms with Crippen molar-refractivity contribution >= 4 is 5.69 Å². The Morgan fingerprint density at radius 1 is 1.40 bits per heavy atom. The molecule has 3 rings (SSSR count). The standard InChI is InChI=1S/C14H20N6/c1-10-7-12(17-13-4-2-3-11(13)8-15)5-6-14(10)20-9-16-18-19-20/h5-7,9,11,13,17H,2-4,8,15H2,1H3. The molecule has 2 aromatic rings. The van der Waals surface area contributed by atoms with Gasteiger partial charge in [-0.3, -0.25) is 0 Å². The first-order chi connectivity index (χ1) is 9.78. The van der Waals surface area contributed by atoms with Gasteiger partial charge in [-0.05, 0) is 66.4 Å². The van der Waals surface area contributed by atoms with Gasteiger partial charge in [0.15, 0.2) is 0 Å². The van der Waals surface area contributed by atoms with Gasteiger partial charge in [-0.2, -0.15) is 0 Å². The molecule has 1 aromatic carbocycles. The van der Waals surface area contributed by atoms with Crippen molar-refractivity contribution in [2.45, 2.75) is 32.2 Å². The van der Waals surface area contributed by atoms with Crippen LogP contribution in [0.3, 0.4) is 0 Å². The Morgan fingerprint density at radius 2 is 2.30 bits per heavy atom. The number of nitrogens with two attached hydrogens (primary N) is 1. The highest BCUT2D eigenvalue weighted by molar-refractivity contribution is 5.53. The molecular formula is C14H20N6. The quantitative estimate of drug-likeness (QED) is 0.881. The topological polar surface area (TPSA) is 81.6 Å². The maximum atomic E-state index is 5.83. The van der Waals surface area contributed by atoms with Crippen LogP contribution in [0.5, 0.6) is 0 Å². The first-order valence-corrected chi connectivity index (χ1v) is 7.08. The minimum absolute atomic E-state index is 0.498. The number of nitrogens with zero attached hydrogens (tertiary/aromatic N) is 4. The molecular weight excluding hydrogens is 252 g/mol. The molecule has 6 nitrogen and oxygen atoms in total. The van der Waals surface area contributed by atoms with E-state index in [0.29, 0.717) is 12.0 Å². The molecule has 1 aliphatic rings. The largest absolute Gasteiger partial charge is 0.382 e. The van der Waals surface area contributed by atoms with Crippen molar-refractivity contribution in [2.75, 3.05) is 11.9 Å². The fourth-order valence-electron chi connectivity index (χ4n) is 3.00. The Balaban J connectivity index is 1.77. The SMILES string of the molecule is Cc1cc(NC2CCCC2CN)ccc1-n1cnnn1. The second kappa shape index (κ2) is 5.58. The van der Waals surface area contributed by atoms with E-state index in [2.05, 4.69) is 39.9 Å². The Kier molecular flexibility index (Phi) is 3.64. The summed E-state index contributed by atoms with van der Waals surface area (Å²) in [7, 11) is 0. The van der Waals surface area contributed by atoms with Gasteiger partial charge in [-0.25, -0.2) is 4.68 Å². The van der Waals surface area contributed by atoms with Crippen molar-refractivity contribution in [1.29, 1.82) is 0 Å². The van der Waals surface area contributed by atoms with Crippen molar-refractivity contribution in [1.82, 2.24) is 20.2 Å². The van der Waals surface area contributed by atoms with Crippen molar-refractivity contribution in [3.05, 3.63) is 30.1 Å². The average molecular weight is 272 g/mol. The Bertz CT molecular complexity index is 565. The van der Waals surface area contributed by atoms with Gasteiger partial charge in [0.1, 0.15) is 6.33 Å². The number of nitrogens with one attached hydrogen (secondary N) is 1. The predicted octanol–water partition coefficient (Wildman–Crippen LogP) is 1.51. The van der Waals surface area contributed by atoms with Crippen LogP contribution in [0.25, 0.3) is 5.69 Å². The highest BCUT2D eigenvalue weighted by Gasteiger charge is 2.25. The fourth-order valence-corrected chi connectivity index (χ4v) is 3.00. The number of benzene rings is 1. The molecule has 3 N–H and O–H groups in total. The Labute approximate surface area is 118 Å². The van der Waals surface area contributed by atoms with Crippen LogP contribution in [0, 0.1) is 12.8 Å². The minimum Gasteiger partial charge on any atom is -0.382 e. The molecule has 2 atom stereocenters. The van der Waals surface area contributed by atoms with Crippen LogP contribution in [0.15, 0.2) is 24.5 Å². The molecule has 0 radical (unpaired) electrons. The van der Waals surface area contributed by atoms with E-state index in [1.165, 1.54) is 19.3 Å². The number of aromatic nitrogens is 4. The first kappa shape index (κ1) is 13.1. The van der Waals surface area contributed by atoms with E-state index in [0.717, 1.165) is 23.5 Å². The molecule has 1 fully saturated rings. The number of aryl methyl sites for hydroxylation is 1. The third kappa shape index (κ3) is 2.51. The summed E-state index contributed by atoms with van der Waals surface area (Å²) in [4.78, 5) is 0. The minimum atomic E-state index is 0.498. The summed E-state index contributed by atoms with van der Waals surface area (Å²) < 4.78 is 1.68. The van der Waals surface area contributed by atoms with Crippen LogP contribution in [0.2, 0.25) is 0 Å². The van der Waals surface area contributed by atoms with Gasteiger partial charge >= 0.3 is 0 Å². The summed E-state index contributed by atoms with van der Waals surface area (Å²) in [5.41, 5.74) is 9.12. The van der Waals surface area contributed by atoms with Crippen molar-refractivity contribution in [2.24, 2.45) is 11.7 Å². The van der Waals surface area contributed by atoms with Crippen LogP contribution in [-0.4, -0.2) is 32.8 Å². The van der Waals surface area contributed by atoms with Crippen LogP contribution < -0.4 is 11.1 Å². The van der Waals surface area contributed by atoms with Crippen molar-refractivity contribution in [3.63, 3.8) is 0 Å². The van der Waals surface area contributed by atoms with E-state index in [-0.39, 0.29) is 0 Å². The monoisotopic (exact) mass is 272 g/mol. The first-order valence-electron chi connectivity index (χ1n) is 7.08. The average Bonchev–Trinajstić information content (AvgIpc) is 3.09. The predicted molar refractivity (Wildman–Crippen MR) is 77.7 cm³/mol. The summed E-state index contributed by atoms with van der Waals surface area (Å²) in [6.45, 7) is 2.83. The summed E-state index contributed by atoms with van der Waals surface area (Å²) in [6.07, 6.45) is 5.31. The van der Waals surface area contributed by atoms with E-state index >= 15 is 0 Å². The lowest BCUT2D eigenvalue weighted by Crippen LogP contribution is -2.29. The summed E-state index contributed by atoms with van der Waals surface area (Å²) in [6, 6.07) is 6.76. The fraction of sp³-hybridized carbons (Fsp3) is 0.500. The molecule has 0 amide bonds. The molecule has 1 aliphatic carbocycles. The van der Waals surface area contributed by atoms with Gasteiger partial charge < -0.3 is 11.1 Å². The summed E-state index contributed by atoms with van der Waals surface area (Å²) >= 11 is 0. The lowest BCUT2D eigenvalue weighted by atomic mass is 10.0. The van der Waals surface area contributed by atoms with Gasteiger partial charge in [-0.1, -0.05) is 6.42 Å². The zero-order valence-electron chi connectivity index (χ0n) is 11.7. The third-order valence-electron chi connectivity index (χ3n) is 4.11. The second-order valence-corrected chi connectivity index (χ2v) is 5.43. The number of tetrazole rings is 1. The molecule has 1 saturated carbocycles. The van der Waals surface area contributed by atoms with Gasteiger partial charge in [0.2, 0.25) is 0 Å². The van der Waals surface area contributed by atoms with Gasteiger partial charge in [0.05, 0.1) is 5.69 Å². The number of hydrogen-bond donors (Lipinski definition) is 2. The van der Waals surface area contributed by atoms with E-state index < -0.39 is 0 Å². The van der Waals surface area contributed by atoms with E-state index in [1.54, 1.807) is 11.0 Å². The van der Waals surface area contributed by atoms with Crippen LogP contribution in [0.4, 0.5) is 5.69 Å². The van der Waals surface area contributed by atoms with E-state index in [4.69, 9.17) is 5.73 Å². The zero-order valence-corrected chi connectivity index (χ0v) is 11.7. The van der Waals surface area contributed by atoms with Crippen molar-refractivity contribution < 1.29 is 0 Å². The van der Waals surface area contributed by atoms with Crippen LogP contribution in [-0.2, 0) is 0 Å². The molecule has 1 heterocycles. The number of anilines is 1. The lowest BCUT2D eigenvalue weighted by molar-refractivity contribution is 0.516. The molecule has 0 spiro atoms. The van der Waals surface area contributed by atoms with E-state index in [1.807, 2.05) is 6.07 Å². The molecule has 6 heteroatoms. The zero-order chi connectivity index (χ0) is 13.9. The maximum Gasteiger partial charge on any atom is 0.143 e. The molecule has 0 bridgehead atoms. The highest BCUT2D eigenvalue weighted by atomic mass is 15.5. The molecule has 1 aromatic heterocycles. The maximum absolute atomic E-state index is 5.83. The Morgan fingerprint density at radius 3 is 3.00 bits per heavy atom. The Hall–Kier alpha value is -1.95. The smallest absolute Gasteiger partial charge is 0.143 e. The molecule has 106 valence electrons. The number of hydrogen-bond acceptors (Lipinski definition) is 5. The third-order valence-corrected chi connectivity index (χ3v) is 4.11. The van der Waals surface area contributed by atoms with E-state index in [9.17, 15) is 0 Å².